The Morgan fingerprint density at radius 2 is 0.979 bits per heavy atom. The number of aromatic nitrogens is 2. The van der Waals surface area contributed by atoms with Crippen LogP contribution in [0.1, 0.15) is 199 Å². The average Bonchev–Trinajstić information content (AvgIpc) is 3.46. The first-order valence-corrected chi connectivity index (χ1v) is 20.9. The van der Waals surface area contributed by atoms with E-state index in [1.54, 1.807) is 0 Å². The molecule has 0 saturated heterocycles. The lowest BCUT2D eigenvalue weighted by molar-refractivity contribution is -0.718. The molecule has 0 aliphatic heterocycles. The summed E-state index contributed by atoms with van der Waals surface area (Å²) in [6.07, 6.45) is 52.4. The van der Waals surface area contributed by atoms with Gasteiger partial charge in [0.25, 0.3) is 5.82 Å². The molecule has 4 heteroatoms. The molecular formula is C43H80N2O2. The van der Waals surface area contributed by atoms with Gasteiger partial charge in [-0.15, -0.1) is 6.61 Å². The molecule has 274 valence electrons. The van der Waals surface area contributed by atoms with E-state index in [0.717, 1.165) is 26.2 Å². The van der Waals surface area contributed by atoms with E-state index in [4.69, 9.17) is 4.74 Å². The smallest absolute Gasteiger partial charge is 0.256 e. The van der Waals surface area contributed by atoms with Crippen molar-refractivity contribution in [2.45, 2.75) is 213 Å². The first-order valence-electron chi connectivity index (χ1n) is 20.9. The molecule has 1 aromatic rings. The van der Waals surface area contributed by atoms with E-state index in [2.05, 4.69) is 59.7 Å². The zero-order chi connectivity index (χ0) is 33.7. The second-order valence-electron chi connectivity index (χ2n) is 14.0. The highest BCUT2D eigenvalue weighted by Gasteiger charge is 2.15. The number of unbranched alkanes of at least 4 members (excludes halogenated alkanes) is 24. The van der Waals surface area contributed by atoms with Crippen molar-refractivity contribution in [1.82, 2.24) is 4.57 Å². The lowest BCUT2D eigenvalue weighted by Gasteiger charge is -2.08. The Bertz CT molecular complexity index is 815. The average molecular weight is 657 g/mol. The summed E-state index contributed by atoms with van der Waals surface area (Å²) in [5.41, 5.74) is 0. The fraction of sp³-hybridized carbons (Fsp3) is 0.837. The van der Waals surface area contributed by atoms with Crippen molar-refractivity contribution in [2.75, 3.05) is 19.8 Å². The predicted molar refractivity (Wildman–Crippen MR) is 203 cm³/mol. The normalized spacial score (nSPS) is 12.0. The third-order valence-electron chi connectivity index (χ3n) is 9.61. The summed E-state index contributed by atoms with van der Waals surface area (Å²) in [6, 6.07) is 0. The predicted octanol–water partition coefficient (Wildman–Crippen LogP) is 11.8. The lowest BCUT2D eigenvalue weighted by atomic mass is 10.1. The van der Waals surface area contributed by atoms with Gasteiger partial charge in [-0.1, -0.05) is 154 Å². The monoisotopic (exact) mass is 657 g/mol. The van der Waals surface area contributed by atoms with Gasteiger partial charge in [0.05, 0.1) is 13.2 Å². The van der Waals surface area contributed by atoms with Crippen LogP contribution < -0.4 is 9.67 Å². The molecule has 0 N–H and O–H groups in total. The molecule has 0 bridgehead atoms. The number of ether oxygens (including phenoxy) is 1. The molecule has 1 rings (SSSR count). The fourth-order valence-electron chi connectivity index (χ4n) is 6.54. The summed E-state index contributed by atoms with van der Waals surface area (Å²) in [6.45, 7) is 7.61. The Hall–Kier alpha value is -1.39. The Kier molecular flexibility index (Phi) is 33.3. The van der Waals surface area contributed by atoms with E-state index < -0.39 is 0 Å². The van der Waals surface area contributed by atoms with Crippen LogP contribution in [-0.4, -0.2) is 24.4 Å². The van der Waals surface area contributed by atoms with Gasteiger partial charge >= 0.3 is 0 Å². The van der Waals surface area contributed by atoms with Gasteiger partial charge in [-0.25, -0.2) is 9.13 Å². The minimum atomic E-state index is -0.0540. The summed E-state index contributed by atoms with van der Waals surface area (Å²) in [5, 5.41) is 11.4. The van der Waals surface area contributed by atoms with Crippen molar-refractivity contribution in [2.24, 2.45) is 0 Å². The van der Waals surface area contributed by atoms with Crippen LogP contribution in [0.5, 0.6) is 0 Å². The van der Waals surface area contributed by atoms with Crippen LogP contribution in [0.4, 0.5) is 0 Å². The second kappa shape index (κ2) is 35.9. The number of allylic oxidation sites excluding steroid dienone is 4. The van der Waals surface area contributed by atoms with Crippen molar-refractivity contribution in [3.8, 4) is 0 Å². The minimum absolute atomic E-state index is 0.0540. The topological polar surface area (TPSA) is 41.1 Å². The van der Waals surface area contributed by atoms with E-state index in [-0.39, 0.29) is 6.61 Å². The molecule has 0 radical (unpaired) electrons. The van der Waals surface area contributed by atoms with Crippen LogP contribution >= 0.6 is 0 Å². The highest BCUT2D eigenvalue weighted by Crippen LogP contribution is 2.13. The van der Waals surface area contributed by atoms with E-state index in [9.17, 15) is 5.11 Å². The first-order chi connectivity index (χ1) is 23.3. The molecule has 0 aliphatic carbocycles. The quantitative estimate of drug-likeness (QED) is 0.0406. The van der Waals surface area contributed by atoms with Crippen LogP contribution in [0, 0.1) is 0 Å². The van der Waals surface area contributed by atoms with E-state index in [0.29, 0.717) is 6.54 Å². The van der Waals surface area contributed by atoms with Crippen LogP contribution in [0.15, 0.2) is 36.7 Å². The molecule has 0 fully saturated rings. The molecule has 47 heavy (non-hydrogen) atoms. The van der Waals surface area contributed by atoms with E-state index in [1.165, 1.54) is 186 Å². The molecule has 1 heterocycles. The summed E-state index contributed by atoms with van der Waals surface area (Å²) >= 11 is 0. The molecular weight excluding hydrogens is 576 g/mol. The van der Waals surface area contributed by atoms with Gasteiger partial charge in [0.15, 0.2) is 0 Å². The number of rotatable bonds is 37. The van der Waals surface area contributed by atoms with Crippen molar-refractivity contribution in [3.05, 3.63) is 42.5 Å². The lowest BCUT2D eigenvalue weighted by Crippen LogP contribution is -2.41. The van der Waals surface area contributed by atoms with E-state index in [1.807, 2.05) is 0 Å². The van der Waals surface area contributed by atoms with Gasteiger partial charge in [0, 0.05) is 13.0 Å². The molecule has 0 unspecified atom stereocenters. The third kappa shape index (κ3) is 28.2. The summed E-state index contributed by atoms with van der Waals surface area (Å²) in [4.78, 5) is 0. The Balaban J connectivity index is 2.01. The largest absolute Gasteiger partial charge is 0.852 e. The van der Waals surface area contributed by atoms with E-state index >= 15 is 0 Å². The number of imidazole rings is 1. The summed E-state index contributed by atoms with van der Waals surface area (Å²) in [7, 11) is 0. The Labute approximate surface area is 293 Å². The minimum Gasteiger partial charge on any atom is -0.852 e. The molecule has 0 saturated carbocycles. The Morgan fingerprint density at radius 3 is 1.45 bits per heavy atom. The maximum Gasteiger partial charge on any atom is 0.256 e. The van der Waals surface area contributed by atoms with Gasteiger partial charge in [0.1, 0.15) is 18.9 Å². The van der Waals surface area contributed by atoms with Gasteiger partial charge < -0.3 is 9.84 Å². The summed E-state index contributed by atoms with van der Waals surface area (Å²) < 4.78 is 10.5. The molecule has 0 amide bonds. The number of hydrogen-bond donors (Lipinski definition) is 0. The highest BCUT2D eigenvalue weighted by molar-refractivity contribution is 4.85. The summed E-state index contributed by atoms with van der Waals surface area (Å²) in [5.74, 6) is 1.30. The van der Waals surface area contributed by atoms with Crippen molar-refractivity contribution >= 4 is 0 Å². The second-order valence-corrected chi connectivity index (χ2v) is 14.0. The molecule has 1 aromatic heterocycles. The van der Waals surface area contributed by atoms with Gasteiger partial charge in [-0.2, -0.15) is 0 Å². The van der Waals surface area contributed by atoms with Crippen LogP contribution in [0.25, 0.3) is 0 Å². The number of nitrogens with zero attached hydrogens (tertiary/aromatic N) is 2. The maximum atomic E-state index is 11.4. The molecule has 0 atom stereocenters. The molecule has 0 aliphatic rings. The zero-order valence-electron chi connectivity index (χ0n) is 31.7. The van der Waals surface area contributed by atoms with Crippen molar-refractivity contribution in [3.63, 3.8) is 0 Å². The van der Waals surface area contributed by atoms with Crippen molar-refractivity contribution < 1.29 is 14.4 Å². The number of hydrogen-bond acceptors (Lipinski definition) is 2. The van der Waals surface area contributed by atoms with Crippen LogP contribution in [0.3, 0.4) is 0 Å². The molecule has 0 spiro atoms. The third-order valence-corrected chi connectivity index (χ3v) is 9.61. The van der Waals surface area contributed by atoms with Crippen LogP contribution in [-0.2, 0) is 24.2 Å². The van der Waals surface area contributed by atoms with Gasteiger partial charge in [-0.05, 0) is 64.2 Å². The van der Waals surface area contributed by atoms with Crippen molar-refractivity contribution in [1.29, 1.82) is 0 Å². The fourth-order valence-corrected chi connectivity index (χ4v) is 6.54. The molecule has 4 nitrogen and oxygen atoms in total. The van der Waals surface area contributed by atoms with Crippen LogP contribution in [0.2, 0.25) is 0 Å². The zero-order valence-corrected chi connectivity index (χ0v) is 31.7. The highest BCUT2D eigenvalue weighted by atomic mass is 16.5. The Morgan fingerprint density at radius 1 is 0.553 bits per heavy atom. The SMILES string of the molecule is CCCCCCCC/C=C\CCCCCCCCOCCn1cc[n+](CC[O-])c1CCCCCCCC/C=C\CCCCCCCC. The maximum absolute atomic E-state index is 11.4. The van der Waals surface area contributed by atoms with Gasteiger partial charge in [-0.3, -0.25) is 0 Å². The molecule has 0 aromatic carbocycles. The first kappa shape index (κ1) is 43.6. The van der Waals surface area contributed by atoms with Gasteiger partial charge in [0.2, 0.25) is 0 Å². The standard InChI is InChI=1S/C43H80N2O2/c1-3-5-7-9-11-13-15-17-19-21-23-25-27-29-31-33-35-43-44(38-40-46)36-37-45(43)39-42-47-41-34-32-30-28-26-24-22-20-18-16-14-12-10-8-6-4-2/h17-20,36-37H,3-16,21-35,38-42H2,1-2H3/b19-17-,20-18-.